The highest BCUT2D eigenvalue weighted by Crippen LogP contribution is 2.37. The number of anilines is 2. The molecule has 4 rings (SSSR count). The van der Waals surface area contributed by atoms with E-state index in [1.807, 2.05) is 19.9 Å². The predicted octanol–water partition coefficient (Wildman–Crippen LogP) is 3.29. The molecule has 1 aliphatic rings. The van der Waals surface area contributed by atoms with Crippen molar-refractivity contribution in [3.63, 3.8) is 0 Å². The van der Waals surface area contributed by atoms with Crippen LogP contribution in [0.5, 0.6) is 5.75 Å². The van der Waals surface area contributed by atoms with Crippen molar-refractivity contribution in [1.82, 2.24) is 4.98 Å². The standard InChI is InChI=1S/C22H21N3O4S/c1-15-5-8-18(9-6-15)30(27,28)25-14-21(22(26)24-17-4-3-11-23-13-17)29-20-12-16(2)7-10-19(20)25/h3-13,21H,14H2,1-2H3,(H,24,26)/t21-/m0/s1. The molecule has 0 radical (unpaired) electrons. The third kappa shape index (κ3) is 3.86. The maximum absolute atomic E-state index is 13.4. The van der Waals surface area contributed by atoms with Crippen LogP contribution in [0, 0.1) is 13.8 Å². The Hall–Kier alpha value is -3.39. The van der Waals surface area contributed by atoms with E-state index in [0.717, 1.165) is 11.1 Å². The van der Waals surface area contributed by atoms with Crippen LogP contribution in [0.25, 0.3) is 0 Å². The number of sulfonamides is 1. The SMILES string of the molecule is Cc1ccc(S(=O)(=O)N2C[C@@H](C(=O)Nc3cccnc3)Oc3cc(C)ccc32)cc1. The molecule has 0 saturated carbocycles. The van der Waals surface area contributed by atoms with Crippen LogP contribution in [0.4, 0.5) is 11.4 Å². The van der Waals surface area contributed by atoms with E-state index < -0.39 is 22.0 Å². The lowest BCUT2D eigenvalue weighted by Crippen LogP contribution is -2.48. The number of nitrogens with one attached hydrogen (secondary N) is 1. The lowest BCUT2D eigenvalue weighted by atomic mass is 10.1. The molecule has 1 amide bonds. The van der Waals surface area contributed by atoms with Crippen molar-refractivity contribution in [3.05, 3.63) is 78.1 Å². The molecule has 0 fully saturated rings. The summed E-state index contributed by atoms with van der Waals surface area (Å²) < 4.78 is 33.9. The van der Waals surface area contributed by atoms with Crippen LogP contribution in [-0.4, -0.2) is 32.0 Å². The van der Waals surface area contributed by atoms with E-state index in [1.54, 1.807) is 54.7 Å². The molecule has 1 N–H and O–H groups in total. The Morgan fingerprint density at radius 2 is 1.83 bits per heavy atom. The molecule has 30 heavy (non-hydrogen) atoms. The summed E-state index contributed by atoms with van der Waals surface area (Å²) in [5.41, 5.74) is 2.77. The molecule has 1 aliphatic heterocycles. The Morgan fingerprint density at radius 3 is 2.53 bits per heavy atom. The number of rotatable bonds is 4. The van der Waals surface area contributed by atoms with Crippen molar-refractivity contribution < 1.29 is 17.9 Å². The first-order chi connectivity index (χ1) is 14.3. The first-order valence-electron chi connectivity index (χ1n) is 9.42. The van der Waals surface area contributed by atoms with Crippen LogP contribution < -0.4 is 14.4 Å². The highest BCUT2D eigenvalue weighted by molar-refractivity contribution is 7.92. The molecule has 2 heterocycles. The number of carbonyl (C=O) groups is 1. The number of hydrogen-bond donors (Lipinski definition) is 1. The largest absolute Gasteiger partial charge is 0.476 e. The average molecular weight is 423 g/mol. The zero-order chi connectivity index (χ0) is 21.3. The second kappa shape index (κ2) is 7.79. The fourth-order valence-corrected chi connectivity index (χ4v) is 4.70. The Morgan fingerprint density at radius 1 is 1.10 bits per heavy atom. The number of amides is 1. The number of hydrogen-bond acceptors (Lipinski definition) is 5. The van der Waals surface area contributed by atoms with Gasteiger partial charge >= 0.3 is 0 Å². The Bertz CT molecular complexity index is 1180. The molecule has 0 spiro atoms. The lowest BCUT2D eigenvalue weighted by Gasteiger charge is -2.35. The van der Waals surface area contributed by atoms with Gasteiger partial charge in [-0.2, -0.15) is 0 Å². The minimum Gasteiger partial charge on any atom is -0.476 e. The molecule has 1 aromatic heterocycles. The minimum atomic E-state index is -3.88. The molecule has 8 heteroatoms. The van der Waals surface area contributed by atoms with Crippen molar-refractivity contribution in [3.8, 4) is 5.75 Å². The van der Waals surface area contributed by atoms with E-state index in [0.29, 0.717) is 17.1 Å². The normalized spacial score (nSPS) is 15.8. The first kappa shape index (κ1) is 19.9. The summed E-state index contributed by atoms with van der Waals surface area (Å²) in [6.45, 7) is 3.63. The van der Waals surface area contributed by atoms with Gasteiger partial charge in [0, 0.05) is 6.20 Å². The number of aryl methyl sites for hydroxylation is 2. The lowest BCUT2D eigenvalue weighted by molar-refractivity contribution is -0.122. The van der Waals surface area contributed by atoms with E-state index in [2.05, 4.69) is 10.3 Å². The molecule has 0 aliphatic carbocycles. The average Bonchev–Trinajstić information content (AvgIpc) is 2.73. The second-order valence-electron chi connectivity index (χ2n) is 7.16. The third-order valence-electron chi connectivity index (χ3n) is 4.82. The molecule has 0 saturated heterocycles. The van der Waals surface area contributed by atoms with Crippen LogP contribution in [0.2, 0.25) is 0 Å². The van der Waals surface area contributed by atoms with Gasteiger partial charge < -0.3 is 10.1 Å². The van der Waals surface area contributed by atoms with Crippen molar-refractivity contribution in [2.24, 2.45) is 0 Å². The summed E-state index contributed by atoms with van der Waals surface area (Å²) >= 11 is 0. The fourth-order valence-electron chi connectivity index (χ4n) is 3.22. The monoisotopic (exact) mass is 423 g/mol. The van der Waals surface area contributed by atoms with E-state index in [1.165, 1.54) is 10.5 Å². The number of fused-ring (bicyclic) bond motifs is 1. The first-order valence-corrected chi connectivity index (χ1v) is 10.9. The summed E-state index contributed by atoms with van der Waals surface area (Å²) in [6.07, 6.45) is 2.10. The van der Waals surface area contributed by atoms with Gasteiger partial charge in [0.05, 0.1) is 29.0 Å². The van der Waals surface area contributed by atoms with Crippen LogP contribution in [-0.2, 0) is 14.8 Å². The Balaban J connectivity index is 1.70. The van der Waals surface area contributed by atoms with Gasteiger partial charge in [-0.1, -0.05) is 23.8 Å². The Labute approximate surface area is 175 Å². The summed E-state index contributed by atoms with van der Waals surface area (Å²) in [6, 6.07) is 15.3. The Kier molecular flexibility index (Phi) is 5.17. The number of ether oxygens (including phenoxy) is 1. The fraction of sp³-hybridized carbons (Fsp3) is 0.182. The van der Waals surface area contributed by atoms with Crippen LogP contribution >= 0.6 is 0 Å². The van der Waals surface area contributed by atoms with E-state index in [-0.39, 0.29) is 11.4 Å². The molecule has 154 valence electrons. The highest BCUT2D eigenvalue weighted by Gasteiger charge is 2.37. The van der Waals surface area contributed by atoms with E-state index in [9.17, 15) is 13.2 Å². The van der Waals surface area contributed by atoms with Crippen LogP contribution in [0.1, 0.15) is 11.1 Å². The number of benzene rings is 2. The summed E-state index contributed by atoms with van der Waals surface area (Å²) in [4.78, 5) is 17.0. The van der Waals surface area contributed by atoms with Gasteiger partial charge in [-0.25, -0.2) is 8.42 Å². The summed E-state index contributed by atoms with van der Waals surface area (Å²) in [5.74, 6) is -0.0949. The predicted molar refractivity (Wildman–Crippen MR) is 114 cm³/mol. The molecular weight excluding hydrogens is 402 g/mol. The zero-order valence-corrected chi connectivity index (χ0v) is 17.4. The molecule has 3 aromatic rings. The maximum Gasteiger partial charge on any atom is 0.267 e. The highest BCUT2D eigenvalue weighted by atomic mass is 32.2. The minimum absolute atomic E-state index is 0.141. The maximum atomic E-state index is 13.4. The zero-order valence-electron chi connectivity index (χ0n) is 16.6. The number of carbonyl (C=O) groups excluding carboxylic acids is 1. The smallest absolute Gasteiger partial charge is 0.267 e. The van der Waals surface area contributed by atoms with Gasteiger partial charge in [-0.15, -0.1) is 0 Å². The van der Waals surface area contributed by atoms with Gasteiger partial charge in [0.25, 0.3) is 15.9 Å². The van der Waals surface area contributed by atoms with Crippen molar-refractivity contribution in [2.75, 3.05) is 16.2 Å². The molecule has 2 aromatic carbocycles. The molecule has 0 unspecified atom stereocenters. The quantitative estimate of drug-likeness (QED) is 0.696. The molecular formula is C22H21N3O4S. The molecule has 0 bridgehead atoms. The molecule has 7 nitrogen and oxygen atoms in total. The van der Waals surface area contributed by atoms with E-state index in [4.69, 9.17) is 4.74 Å². The van der Waals surface area contributed by atoms with Gasteiger partial charge in [0.2, 0.25) is 0 Å². The summed E-state index contributed by atoms with van der Waals surface area (Å²) in [5, 5.41) is 2.73. The van der Waals surface area contributed by atoms with Gasteiger partial charge in [-0.3, -0.25) is 14.1 Å². The van der Waals surface area contributed by atoms with E-state index >= 15 is 0 Å². The molecule has 1 atom stereocenters. The number of nitrogens with zero attached hydrogens (tertiary/aromatic N) is 2. The number of aromatic nitrogens is 1. The van der Waals surface area contributed by atoms with Gasteiger partial charge in [0.15, 0.2) is 6.10 Å². The van der Waals surface area contributed by atoms with Crippen LogP contribution in [0.15, 0.2) is 71.9 Å². The topological polar surface area (TPSA) is 88.6 Å². The summed E-state index contributed by atoms with van der Waals surface area (Å²) in [7, 11) is -3.88. The van der Waals surface area contributed by atoms with Crippen molar-refractivity contribution in [2.45, 2.75) is 24.8 Å². The van der Waals surface area contributed by atoms with Crippen molar-refractivity contribution >= 4 is 27.3 Å². The van der Waals surface area contributed by atoms with Crippen molar-refractivity contribution in [1.29, 1.82) is 0 Å². The number of pyridine rings is 1. The van der Waals surface area contributed by atoms with Gasteiger partial charge in [0.1, 0.15) is 5.75 Å². The van der Waals surface area contributed by atoms with Crippen LogP contribution in [0.3, 0.4) is 0 Å². The third-order valence-corrected chi connectivity index (χ3v) is 6.61. The van der Waals surface area contributed by atoms with Gasteiger partial charge in [-0.05, 0) is 55.8 Å². The second-order valence-corrected chi connectivity index (χ2v) is 9.02.